The summed E-state index contributed by atoms with van der Waals surface area (Å²) in [6.07, 6.45) is 0. The van der Waals surface area contributed by atoms with E-state index in [4.69, 9.17) is 0 Å². The van der Waals surface area contributed by atoms with Gasteiger partial charge >= 0.3 is 0 Å². The predicted molar refractivity (Wildman–Crippen MR) is 238 cm³/mol. The van der Waals surface area contributed by atoms with Crippen molar-refractivity contribution in [2.24, 2.45) is 0 Å². The second-order valence-corrected chi connectivity index (χ2v) is 15.3. The average Bonchev–Trinajstić information content (AvgIpc) is 3.87. The first-order chi connectivity index (χ1) is 27.7. The Balaban J connectivity index is 1.02. The predicted octanol–water partition coefficient (Wildman–Crippen LogP) is 14.7. The normalized spacial score (nSPS) is 12.3. The van der Waals surface area contributed by atoms with Crippen molar-refractivity contribution in [3.63, 3.8) is 0 Å². The van der Waals surface area contributed by atoms with E-state index in [0.717, 1.165) is 11.4 Å². The first kappa shape index (κ1) is 30.0. The van der Waals surface area contributed by atoms with Crippen molar-refractivity contribution in [1.29, 1.82) is 0 Å². The van der Waals surface area contributed by atoms with Crippen molar-refractivity contribution in [3.8, 4) is 44.8 Å². The second kappa shape index (κ2) is 11.1. The van der Waals surface area contributed by atoms with Gasteiger partial charge in [0.2, 0.25) is 0 Å². The summed E-state index contributed by atoms with van der Waals surface area (Å²) in [5.74, 6) is 0. The molecule has 2 heteroatoms. The summed E-state index contributed by atoms with van der Waals surface area (Å²) in [6.45, 7) is 0. The van der Waals surface area contributed by atoms with Gasteiger partial charge in [0.15, 0.2) is 0 Å². The van der Waals surface area contributed by atoms with Crippen LogP contribution in [0.3, 0.4) is 0 Å². The summed E-state index contributed by atoms with van der Waals surface area (Å²) in [5, 5.41) is 12.7. The Labute approximate surface area is 322 Å². The van der Waals surface area contributed by atoms with Crippen LogP contribution in [0.2, 0.25) is 0 Å². The Bertz CT molecular complexity index is 3560. The molecule has 2 aromatic heterocycles. The molecule has 2 nitrogen and oxygen atoms in total. The van der Waals surface area contributed by atoms with Gasteiger partial charge in [0, 0.05) is 32.9 Å². The molecular formula is C54H32N2. The number of para-hydroxylation sites is 1. The van der Waals surface area contributed by atoms with Crippen LogP contribution in [0.15, 0.2) is 194 Å². The van der Waals surface area contributed by atoms with Crippen LogP contribution in [-0.4, -0.2) is 9.13 Å². The molecule has 13 rings (SSSR count). The van der Waals surface area contributed by atoms with Crippen molar-refractivity contribution < 1.29 is 0 Å². The van der Waals surface area contributed by atoms with Crippen molar-refractivity contribution >= 4 is 75.9 Å². The van der Waals surface area contributed by atoms with Crippen molar-refractivity contribution in [1.82, 2.24) is 9.13 Å². The van der Waals surface area contributed by atoms with E-state index in [1.54, 1.807) is 0 Å². The minimum Gasteiger partial charge on any atom is -0.309 e. The summed E-state index contributed by atoms with van der Waals surface area (Å²) < 4.78 is 4.92. The van der Waals surface area contributed by atoms with Gasteiger partial charge in [-0.2, -0.15) is 0 Å². The van der Waals surface area contributed by atoms with Gasteiger partial charge in [0.25, 0.3) is 0 Å². The van der Waals surface area contributed by atoms with E-state index in [1.807, 2.05) is 0 Å². The van der Waals surface area contributed by atoms with Gasteiger partial charge in [-0.15, -0.1) is 0 Å². The largest absolute Gasteiger partial charge is 0.309 e. The van der Waals surface area contributed by atoms with Crippen LogP contribution in [0.1, 0.15) is 0 Å². The average molecular weight is 709 g/mol. The highest BCUT2D eigenvalue weighted by Crippen LogP contribution is 2.49. The minimum atomic E-state index is 1.15. The van der Waals surface area contributed by atoms with Crippen LogP contribution in [-0.2, 0) is 0 Å². The standard InChI is InChI=1S/C54H32N2/c1-3-13-36-30-52-46(27-34(36)11-1)47-28-35-12-2-4-14-37(35)31-53(47)56(52)41-23-24-51-48(32-41)44-20-7-8-22-50(44)55(51)40-17-9-15-33(26-40)39-25-38-16-10-21-45-42-18-5-6-19-43(42)49(29-39)54(38)45/h1-32H. The number of fused-ring (bicyclic) bond motifs is 11. The fraction of sp³-hybridized carbons (Fsp3) is 0. The van der Waals surface area contributed by atoms with Crippen LogP contribution in [0, 0.1) is 0 Å². The third-order valence-corrected chi connectivity index (χ3v) is 12.3. The summed E-state index contributed by atoms with van der Waals surface area (Å²) >= 11 is 0. The van der Waals surface area contributed by atoms with Gasteiger partial charge in [0.05, 0.1) is 22.1 Å². The molecule has 2 heterocycles. The Hall–Kier alpha value is -7.42. The molecule has 10 aromatic carbocycles. The van der Waals surface area contributed by atoms with Crippen molar-refractivity contribution in [3.05, 3.63) is 194 Å². The topological polar surface area (TPSA) is 9.86 Å². The molecule has 12 aromatic rings. The Morgan fingerprint density at radius 2 is 0.786 bits per heavy atom. The van der Waals surface area contributed by atoms with Crippen molar-refractivity contribution in [2.45, 2.75) is 0 Å². The van der Waals surface area contributed by atoms with E-state index in [-0.39, 0.29) is 0 Å². The molecule has 0 unspecified atom stereocenters. The van der Waals surface area contributed by atoms with E-state index in [9.17, 15) is 0 Å². The lowest BCUT2D eigenvalue weighted by atomic mass is 9.96. The summed E-state index contributed by atoms with van der Waals surface area (Å²) in [6, 6.07) is 72.2. The Kier molecular flexibility index (Phi) is 5.92. The molecule has 0 radical (unpaired) electrons. The fourth-order valence-corrected chi connectivity index (χ4v) is 9.85. The first-order valence-corrected chi connectivity index (χ1v) is 19.4. The zero-order chi connectivity index (χ0) is 36.5. The number of rotatable bonds is 3. The molecule has 1 aliphatic carbocycles. The SMILES string of the molecule is c1cc(-c2cc3c4c(cccc4c2)-c2ccccc2-3)cc(-n2c3ccccc3c3cc(-n4c5cc6ccccc6cc5c5cc6ccccc6cc54)ccc32)c1. The lowest BCUT2D eigenvalue weighted by Gasteiger charge is -2.13. The molecule has 1 aliphatic rings. The molecule has 0 spiro atoms. The number of nitrogens with zero attached hydrogens (tertiary/aromatic N) is 2. The highest BCUT2D eigenvalue weighted by atomic mass is 15.0. The monoisotopic (exact) mass is 708 g/mol. The zero-order valence-electron chi connectivity index (χ0n) is 30.4. The smallest absolute Gasteiger partial charge is 0.0547 e. The maximum absolute atomic E-state index is 2.48. The molecule has 0 bridgehead atoms. The molecule has 0 N–H and O–H groups in total. The molecule has 258 valence electrons. The van der Waals surface area contributed by atoms with Crippen LogP contribution in [0.4, 0.5) is 0 Å². The second-order valence-electron chi connectivity index (χ2n) is 15.3. The Morgan fingerprint density at radius 1 is 0.250 bits per heavy atom. The molecule has 56 heavy (non-hydrogen) atoms. The van der Waals surface area contributed by atoms with Gasteiger partial charge in [0.1, 0.15) is 0 Å². The van der Waals surface area contributed by atoms with Gasteiger partial charge < -0.3 is 9.13 Å². The van der Waals surface area contributed by atoms with Gasteiger partial charge in [-0.25, -0.2) is 0 Å². The molecule has 0 fully saturated rings. The molecule has 0 saturated carbocycles. The van der Waals surface area contributed by atoms with E-state index in [2.05, 4.69) is 203 Å². The Morgan fingerprint density at radius 3 is 1.54 bits per heavy atom. The van der Waals surface area contributed by atoms with E-state index < -0.39 is 0 Å². The highest BCUT2D eigenvalue weighted by molar-refractivity contribution is 6.18. The first-order valence-electron chi connectivity index (χ1n) is 19.4. The van der Waals surface area contributed by atoms with Gasteiger partial charge in [-0.1, -0.05) is 121 Å². The van der Waals surface area contributed by atoms with Crippen molar-refractivity contribution in [2.75, 3.05) is 0 Å². The third kappa shape index (κ3) is 4.10. The van der Waals surface area contributed by atoms with E-state index in [0.29, 0.717) is 0 Å². The van der Waals surface area contributed by atoms with Gasteiger partial charge in [-0.3, -0.25) is 0 Å². The number of aromatic nitrogens is 2. The van der Waals surface area contributed by atoms with Crippen LogP contribution < -0.4 is 0 Å². The maximum Gasteiger partial charge on any atom is 0.0547 e. The minimum absolute atomic E-state index is 1.15. The van der Waals surface area contributed by atoms with E-state index >= 15 is 0 Å². The molecule has 0 amide bonds. The summed E-state index contributed by atoms with van der Waals surface area (Å²) in [7, 11) is 0. The van der Waals surface area contributed by atoms with Gasteiger partial charge in [-0.05, 0) is 138 Å². The number of benzene rings is 10. The zero-order valence-corrected chi connectivity index (χ0v) is 30.4. The van der Waals surface area contributed by atoms with Crippen LogP contribution >= 0.6 is 0 Å². The number of hydrogen-bond donors (Lipinski definition) is 0. The third-order valence-electron chi connectivity index (χ3n) is 12.3. The molecule has 0 saturated heterocycles. The lowest BCUT2D eigenvalue weighted by Crippen LogP contribution is -1.96. The maximum atomic E-state index is 2.48. The van der Waals surface area contributed by atoms with Crippen LogP contribution in [0.5, 0.6) is 0 Å². The molecule has 0 aliphatic heterocycles. The van der Waals surface area contributed by atoms with E-state index in [1.165, 1.54) is 109 Å². The number of hydrogen-bond acceptors (Lipinski definition) is 0. The van der Waals surface area contributed by atoms with Crippen LogP contribution in [0.25, 0.3) is 121 Å². The fourth-order valence-electron chi connectivity index (χ4n) is 9.85. The summed E-state index contributed by atoms with van der Waals surface area (Å²) in [4.78, 5) is 0. The highest BCUT2D eigenvalue weighted by Gasteiger charge is 2.22. The quantitative estimate of drug-likeness (QED) is 0.173. The lowest BCUT2D eigenvalue weighted by molar-refractivity contribution is 1.17. The molecule has 0 atom stereocenters. The summed E-state index contributed by atoms with van der Waals surface area (Å²) in [5.41, 5.74) is 14.9. The molecular weight excluding hydrogens is 677 g/mol.